The number of carbonyl (C=O) groups is 2. The number of halogens is 1. The molecule has 1 unspecified atom stereocenters. The predicted molar refractivity (Wildman–Crippen MR) is 66.5 cm³/mol. The third kappa shape index (κ3) is 3.51. The summed E-state index contributed by atoms with van der Waals surface area (Å²) in [6.45, 7) is 0.994. The van der Waals surface area contributed by atoms with Gasteiger partial charge in [0.05, 0.1) is 38.0 Å². The van der Waals surface area contributed by atoms with Gasteiger partial charge in [-0.15, -0.1) is 0 Å². The molecule has 2 heterocycles. The molecule has 0 N–H and O–H groups in total. The van der Waals surface area contributed by atoms with E-state index in [0.717, 1.165) is 12.3 Å². The molecule has 1 aromatic rings. The topological polar surface area (TPSA) is 68.7 Å². The van der Waals surface area contributed by atoms with Crippen molar-refractivity contribution in [2.45, 2.75) is 12.5 Å². The molecule has 0 aromatic carbocycles. The summed E-state index contributed by atoms with van der Waals surface area (Å²) >= 11 is 0. The Hall–Kier alpha value is -2.02. The fraction of sp³-hybridized carbons (Fsp3) is 0.462. The van der Waals surface area contributed by atoms with Gasteiger partial charge in [0.2, 0.25) is 0 Å². The summed E-state index contributed by atoms with van der Waals surface area (Å²) in [5, 5.41) is 0. The molecule has 1 aromatic heterocycles. The molecule has 1 atom stereocenters. The maximum atomic E-state index is 13.1. The highest BCUT2D eigenvalue weighted by Crippen LogP contribution is 2.13. The minimum atomic E-state index is -0.560. The third-order valence-corrected chi connectivity index (χ3v) is 3.00. The fourth-order valence-electron chi connectivity index (χ4n) is 2.01. The first-order valence-corrected chi connectivity index (χ1v) is 6.18. The first-order valence-electron chi connectivity index (χ1n) is 6.18. The maximum Gasteiger partial charge on any atom is 0.308 e. The number of aromatic nitrogens is 1. The number of pyridine rings is 1. The van der Waals surface area contributed by atoms with Gasteiger partial charge in [-0.1, -0.05) is 0 Å². The van der Waals surface area contributed by atoms with Gasteiger partial charge in [-0.05, 0) is 6.07 Å². The summed E-state index contributed by atoms with van der Waals surface area (Å²) in [6, 6.07) is 1.14. The highest BCUT2D eigenvalue weighted by Gasteiger charge is 2.27. The molecular formula is C13H15FN2O4. The number of nitrogens with zero attached hydrogens (tertiary/aromatic N) is 2. The van der Waals surface area contributed by atoms with Gasteiger partial charge in [-0.25, -0.2) is 4.39 Å². The zero-order chi connectivity index (χ0) is 14.5. The molecule has 6 nitrogen and oxygen atoms in total. The van der Waals surface area contributed by atoms with E-state index in [2.05, 4.69) is 9.72 Å². The number of carbonyl (C=O) groups excluding carboxylic acids is 2. The van der Waals surface area contributed by atoms with Crippen molar-refractivity contribution in [2.75, 3.05) is 26.8 Å². The first-order chi connectivity index (χ1) is 9.60. The zero-order valence-electron chi connectivity index (χ0n) is 11.0. The van der Waals surface area contributed by atoms with Crippen LogP contribution in [0.5, 0.6) is 0 Å². The Labute approximate surface area is 115 Å². The van der Waals surface area contributed by atoms with E-state index >= 15 is 0 Å². The van der Waals surface area contributed by atoms with E-state index in [1.807, 2.05) is 0 Å². The van der Waals surface area contributed by atoms with Crippen LogP contribution in [0.1, 0.15) is 16.8 Å². The third-order valence-electron chi connectivity index (χ3n) is 3.00. The summed E-state index contributed by atoms with van der Waals surface area (Å²) in [6.07, 6.45) is 2.04. The van der Waals surface area contributed by atoms with E-state index in [1.54, 1.807) is 0 Å². The van der Waals surface area contributed by atoms with Gasteiger partial charge in [-0.3, -0.25) is 14.6 Å². The fourth-order valence-corrected chi connectivity index (χ4v) is 2.01. The van der Waals surface area contributed by atoms with E-state index in [0.29, 0.717) is 13.2 Å². The lowest BCUT2D eigenvalue weighted by Gasteiger charge is -2.32. The second kappa shape index (κ2) is 6.42. The van der Waals surface area contributed by atoms with Crippen LogP contribution in [0.2, 0.25) is 0 Å². The second-order valence-corrected chi connectivity index (χ2v) is 4.42. The highest BCUT2D eigenvalue weighted by atomic mass is 19.1. The van der Waals surface area contributed by atoms with Crippen molar-refractivity contribution in [1.82, 2.24) is 9.88 Å². The Balaban J connectivity index is 2.01. The van der Waals surface area contributed by atoms with Gasteiger partial charge in [0, 0.05) is 19.3 Å². The Morgan fingerprint density at radius 2 is 2.35 bits per heavy atom. The molecule has 1 fully saturated rings. The van der Waals surface area contributed by atoms with Crippen LogP contribution in [0.15, 0.2) is 18.5 Å². The van der Waals surface area contributed by atoms with Crippen molar-refractivity contribution in [3.8, 4) is 0 Å². The molecular weight excluding hydrogens is 267 g/mol. The largest absolute Gasteiger partial charge is 0.469 e. The van der Waals surface area contributed by atoms with E-state index in [1.165, 1.54) is 18.2 Å². The van der Waals surface area contributed by atoms with Gasteiger partial charge in [0.15, 0.2) is 0 Å². The van der Waals surface area contributed by atoms with Crippen molar-refractivity contribution < 1.29 is 23.5 Å². The van der Waals surface area contributed by atoms with Crippen molar-refractivity contribution in [3.63, 3.8) is 0 Å². The number of amides is 1. The molecule has 1 aliphatic heterocycles. The van der Waals surface area contributed by atoms with Crippen molar-refractivity contribution in [3.05, 3.63) is 29.8 Å². The molecule has 20 heavy (non-hydrogen) atoms. The highest BCUT2D eigenvalue weighted by molar-refractivity contribution is 5.94. The summed E-state index contributed by atoms with van der Waals surface area (Å²) in [4.78, 5) is 28.6. The molecule has 0 bridgehead atoms. The monoisotopic (exact) mass is 282 g/mol. The lowest BCUT2D eigenvalue weighted by molar-refractivity contribution is -0.145. The normalized spacial score (nSPS) is 18.7. The summed E-state index contributed by atoms with van der Waals surface area (Å²) in [5.74, 6) is -1.28. The van der Waals surface area contributed by atoms with Gasteiger partial charge in [0.1, 0.15) is 5.82 Å². The van der Waals surface area contributed by atoms with E-state index in [-0.39, 0.29) is 24.4 Å². The minimum absolute atomic E-state index is 0.0850. The predicted octanol–water partition coefficient (Wildman–Crippen LogP) is 0.625. The molecule has 7 heteroatoms. The molecule has 0 aliphatic carbocycles. The number of ether oxygens (including phenoxy) is 2. The molecule has 2 rings (SSSR count). The van der Waals surface area contributed by atoms with Crippen LogP contribution in [-0.2, 0) is 14.3 Å². The van der Waals surface area contributed by atoms with Gasteiger partial charge < -0.3 is 14.4 Å². The quantitative estimate of drug-likeness (QED) is 0.760. The molecule has 1 aliphatic rings. The molecule has 0 spiro atoms. The zero-order valence-corrected chi connectivity index (χ0v) is 11.0. The van der Waals surface area contributed by atoms with Crippen LogP contribution in [0.4, 0.5) is 4.39 Å². The standard InChI is InChI=1S/C13H15FN2O4/c1-19-12(17)5-11-8-16(2-3-20-11)13(18)9-4-10(14)7-15-6-9/h4,6-7,11H,2-3,5,8H2,1H3. The second-order valence-electron chi connectivity index (χ2n) is 4.42. The molecule has 108 valence electrons. The van der Waals surface area contributed by atoms with E-state index in [4.69, 9.17) is 4.74 Å². The van der Waals surface area contributed by atoms with Crippen molar-refractivity contribution in [2.24, 2.45) is 0 Å². The van der Waals surface area contributed by atoms with Crippen molar-refractivity contribution >= 4 is 11.9 Å². The molecule has 0 saturated carbocycles. The van der Waals surface area contributed by atoms with Crippen LogP contribution in [-0.4, -0.2) is 54.7 Å². The van der Waals surface area contributed by atoms with Crippen molar-refractivity contribution in [1.29, 1.82) is 0 Å². The number of methoxy groups -OCH3 is 1. The summed E-state index contributed by atoms with van der Waals surface area (Å²) < 4.78 is 23.0. The molecule has 1 amide bonds. The Kier molecular flexibility index (Phi) is 4.62. The summed E-state index contributed by atoms with van der Waals surface area (Å²) in [5.41, 5.74) is 0.184. The molecule has 1 saturated heterocycles. The minimum Gasteiger partial charge on any atom is -0.469 e. The van der Waals surface area contributed by atoms with Gasteiger partial charge in [0.25, 0.3) is 5.91 Å². The Morgan fingerprint density at radius 1 is 1.55 bits per heavy atom. The number of esters is 1. The average Bonchev–Trinajstić information content (AvgIpc) is 2.46. The first kappa shape index (κ1) is 14.4. The smallest absolute Gasteiger partial charge is 0.308 e. The molecule has 0 radical (unpaired) electrons. The van der Waals surface area contributed by atoms with E-state index in [9.17, 15) is 14.0 Å². The Bertz CT molecular complexity index is 509. The number of morpholine rings is 1. The van der Waals surface area contributed by atoms with Gasteiger partial charge >= 0.3 is 5.97 Å². The Morgan fingerprint density at radius 3 is 3.05 bits per heavy atom. The maximum absolute atomic E-state index is 13.1. The van der Waals surface area contributed by atoms with E-state index < -0.39 is 17.9 Å². The lowest BCUT2D eigenvalue weighted by Crippen LogP contribution is -2.46. The lowest BCUT2D eigenvalue weighted by atomic mass is 10.1. The number of rotatable bonds is 3. The SMILES string of the molecule is COC(=O)CC1CN(C(=O)c2cncc(F)c2)CCO1. The van der Waals surface area contributed by atoms with Crippen LogP contribution in [0.25, 0.3) is 0 Å². The van der Waals surface area contributed by atoms with Gasteiger partial charge in [-0.2, -0.15) is 0 Å². The number of hydrogen-bond donors (Lipinski definition) is 0. The number of hydrogen-bond acceptors (Lipinski definition) is 5. The summed E-state index contributed by atoms with van der Waals surface area (Å²) in [7, 11) is 1.30. The van der Waals surface area contributed by atoms with Crippen LogP contribution in [0.3, 0.4) is 0 Å². The van der Waals surface area contributed by atoms with Crippen LogP contribution < -0.4 is 0 Å². The van der Waals surface area contributed by atoms with Crippen LogP contribution in [0, 0.1) is 5.82 Å². The average molecular weight is 282 g/mol. The van der Waals surface area contributed by atoms with Crippen LogP contribution >= 0.6 is 0 Å².